The molecule has 0 bridgehead atoms. The molecule has 0 radical (unpaired) electrons. The Morgan fingerprint density at radius 2 is 1.92 bits per heavy atom. The predicted molar refractivity (Wildman–Crippen MR) is 104 cm³/mol. The average molecular weight is 361 g/mol. The van der Waals surface area contributed by atoms with E-state index in [-0.39, 0.29) is 5.84 Å². The Bertz CT molecular complexity index is 599. The van der Waals surface area contributed by atoms with Crippen LogP contribution < -0.4 is 10.4 Å². The molecule has 1 aromatic rings. The first kappa shape index (κ1) is 19.1. The third-order valence-electron chi connectivity index (χ3n) is 5.70. The molecule has 0 amide bonds. The van der Waals surface area contributed by atoms with Crippen molar-refractivity contribution in [3.8, 4) is 0 Å². The fourth-order valence-electron chi connectivity index (χ4n) is 4.09. The van der Waals surface area contributed by atoms with E-state index in [1.807, 2.05) is 17.6 Å². The van der Waals surface area contributed by atoms with Crippen LogP contribution in [0.25, 0.3) is 0 Å². The van der Waals surface area contributed by atoms with Crippen molar-refractivity contribution < 1.29 is 5.21 Å². The fraction of sp³-hybridized carbons (Fsp3) is 0.684. The Morgan fingerprint density at radius 1 is 1.15 bits per heavy atom. The van der Waals surface area contributed by atoms with Gasteiger partial charge in [-0.1, -0.05) is 6.07 Å². The summed E-state index contributed by atoms with van der Waals surface area (Å²) in [6, 6.07) is 6.98. The van der Waals surface area contributed by atoms with Crippen LogP contribution >= 0.6 is 0 Å². The van der Waals surface area contributed by atoms with Crippen molar-refractivity contribution in [3.05, 3.63) is 23.9 Å². The average Bonchev–Trinajstić information content (AvgIpc) is 2.94. The molecule has 0 spiro atoms. The van der Waals surface area contributed by atoms with Crippen molar-refractivity contribution in [1.29, 1.82) is 5.41 Å². The van der Waals surface area contributed by atoms with Crippen molar-refractivity contribution in [1.82, 2.24) is 20.3 Å². The van der Waals surface area contributed by atoms with Gasteiger partial charge in [-0.05, 0) is 58.3 Å². The van der Waals surface area contributed by atoms with Crippen LogP contribution in [0.4, 0.5) is 5.82 Å². The van der Waals surface area contributed by atoms with E-state index in [9.17, 15) is 0 Å². The van der Waals surface area contributed by atoms with Crippen molar-refractivity contribution in [3.63, 3.8) is 0 Å². The highest BCUT2D eigenvalue weighted by atomic mass is 16.5. The van der Waals surface area contributed by atoms with Gasteiger partial charge in [0.25, 0.3) is 0 Å². The molecule has 2 fully saturated rings. The molecule has 2 aliphatic heterocycles. The van der Waals surface area contributed by atoms with Crippen LogP contribution in [0.1, 0.15) is 38.8 Å². The second-order valence-electron chi connectivity index (χ2n) is 7.61. The minimum atomic E-state index is -0.0692. The lowest BCUT2D eigenvalue weighted by Crippen LogP contribution is -2.47. The first-order chi connectivity index (χ1) is 12.6. The number of likely N-dealkylation sites (tertiary alicyclic amines) is 1. The molecule has 3 N–H and O–H groups in total. The van der Waals surface area contributed by atoms with E-state index in [0.29, 0.717) is 17.8 Å². The van der Waals surface area contributed by atoms with E-state index in [0.717, 1.165) is 38.4 Å². The standard InChI is InChI=1S/C19H32N6O/c1-15(2)23-11-7-16(8-12-23)24-9-4-10-25(14-13-24)18-6-3-5-17(21-18)19(20)22-26/h3,5-6,15-16,26H,4,7-14H2,1-2H3,(H2,20,22). The van der Waals surface area contributed by atoms with Crippen LogP contribution in [0.15, 0.2) is 18.2 Å². The zero-order valence-electron chi connectivity index (χ0n) is 16.0. The Labute approximate surface area is 156 Å². The van der Waals surface area contributed by atoms with Crippen molar-refractivity contribution in [2.75, 3.05) is 44.2 Å². The molecular formula is C19H32N6O. The molecule has 26 heavy (non-hydrogen) atoms. The van der Waals surface area contributed by atoms with E-state index >= 15 is 0 Å². The molecule has 2 saturated heterocycles. The van der Waals surface area contributed by atoms with Gasteiger partial charge in [0, 0.05) is 38.3 Å². The number of nitrogens with zero attached hydrogens (tertiary/aromatic N) is 4. The molecule has 144 valence electrons. The van der Waals surface area contributed by atoms with E-state index in [1.54, 1.807) is 6.07 Å². The van der Waals surface area contributed by atoms with Gasteiger partial charge in [-0.2, -0.15) is 0 Å². The summed E-state index contributed by atoms with van der Waals surface area (Å²) in [6.07, 6.45) is 3.67. The summed E-state index contributed by atoms with van der Waals surface area (Å²) in [5, 5.41) is 16.6. The molecule has 7 nitrogen and oxygen atoms in total. The van der Waals surface area contributed by atoms with E-state index in [1.165, 1.54) is 25.9 Å². The van der Waals surface area contributed by atoms with E-state index < -0.39 is 0 Å². The normalized spacial score (nSPS) is 21.0. The van der Waals surface area contributed by atoms with E-state index in [2.05, 4.69) is 33.5 Å². The summed E-state index contributed by atoms with van der Waals surface area (Å²) in [5.74, 6) is 0.819. The van der Waals surface area contributed by atoms with Gasteiger partial charge in [0.2, 0.25) is 0 Å². The van der Waals surface area contributed by atoms with Gasteiger partial charge in [-0.25, -0.2) is 4.98 Å². The molecule has 0 aromatic carbocycles. The van der Waals surface area contributed by atoms with Gasteiger partial charge in [0.05, 0.1) is 0 Å². The quantitative estimate of drug-likeness (QED) is 0.431. The monoisotopic (exact) mass is 360 g/mol. The molecule has 7 heteroatoms. The first-order valence-corrected chi connectivity index (χ1v) is 9.77. The Balaban J connectivity index is 1.58. The topological polar surface area (TPSA) is 78.7 Å². The maximum atomic E-state index is 8.93. The zero-order chi connectivity index (χ0) is 18.5. The lowest BCUT2D eigenvalue weighted by molar-refractivity contribution is 0.0965. The lowest BCUT2D eigenvalue weighted by atomic mass is 10.0. The number of rotatable bonds is 4. The number of hydroxylamine groups is 1. The van der Waals surface area contributed by atoms with Gasteiger partial charge in [-0.3, -0.25) is 21.0 Å². The van der Waals surface area contributed by atoms with Crippen LogP contribution in [-0.4, -0.2) is 77.2 Å². The Kier molecular flexibility index (Phi) is 6.45. The van der Waals surface area contributed by atoms with Crippen LogP contribution in [0.5, 0.6) is 0 Å². The molecule has 1 aromatic heterocycles. The summed E-state index contributed by atoms with van der Waals surface area (Å²) in [5.41, 5.74) is 2.34. The summed E-state index contributed by atoms with van der Waals surface area (Å²) >= 11 is 0. The fourth-order valence-corrected chi connectivity index (χ4v) is 4.09. The number of nitrogens with one attached hydrogen (secondary N) is 2. The van der Waals surface area contributed by atoms with Crippen LogP contribution in [0.3, 0.4) is 0 Å². The summed E-state index contributed by atoms with van der Waals surface area (Å²) in [4.78, 5) is 12.1. The number of piperidine rings is 1. The number of hydrogen-bond acceptors (Lipinski definition) is 6. The summed E-state index contributed by atoms with van der Waals surface area (Å²) < 4.78 is 0. The minimum absolute atomic E-state index is 0.0692. The number of amidine groups is 1. The van der Waals surface area contributed by atoms with Gasteiger partial charge < -0.3 is 9.80 Å². The lowest BCUT2D eigenvalue weighted by Gasteiger charge is -2.39. The molecule has 0 atom stereocenters. The minimum Gasteiger partial charge on any atom is -0.355 e. The second kappa shape index (κ2) is 8.79. The van der Waals surface area contributed by atoms with Crippen molar-refractivity contribution in [2.45, 2.75) is 45.2 Å². The van der Waals surface area contributed by atoms with Crippen LogP contribution in [0.2, 0.25) is 0 Å². The molecule has 2 aliphatic rings. The SMILES string of the molecule is CC(C)N1CCC(N2CCCN(c3cccc(C(=N)NO)n3)CC2)CC1. The first-order valence-electron chi connectivity index (χ1n) is 9.77. The van der Waals surface area contributed by atoms with Gasteiger partial charge in [0.15, 0.2) is 5.84 Å². The second-order valence-corrected chi connectivity index (χ2v) is 7.61. The maximum Gasteiger partial charge on any atom is 0.168 e. The van der Waals surface area contributed by atoms with Crippen LogP contribution in [0, 0.1) is 5.41 Å². The van der Waals surface area contributed by atoms with Crippen molar-refractivity contribution >= 4 is 11.7 Å². The molecule has 3 rings (SSSR count). The van der Waals surface area contributed by atoms with Crippen molar-refractivity contribution in [2.24, 2.45) is 0 Å². The summed E-state index contributed by atoms with van der Waals surface area (Å²) in [7, 11) is 0. The molecule has 0 aliphatic carbocycles. The Morgan fingerprint density at radius 3 is 2.62 bits per heavy atom. The molecular weight excluding hydrogens is 328 g/mol. The number of pyridine rings is 1. The van der Waals surface area contributed by atoms with Gasteiger partial charge in [-0.15, -0.1) is 0 Å². The highest BCUT2D eigenvalue weighted by Crippen LogP contribution is 2.21. The number of anilines is 1. The molecule has 0 unspecified atom stereocenters. The Hall–Kier alpha value is -1.70. The molecule has 0 saturated carbocycles. The smallest absolute Gasteiger partial charge is 0.168 e. The number of aromatic nitrogens is 1. The predicted octanol–water partition coefficient (Wildman–Crippen LogP) is 1.77. The summed E-state index contributed by atoms with van der Waals surface area (Å²) in [6.45, 7) is 11.2. The highest BCUT2D eigenvalue weighted by Gasteiger charge is 2.27. The highest BCUT2D eigenvalue weighted by molar-refractivity contribution is 5.93. The zero-order valence-corrected chi connectivity index (χ0v) is 16.0. The van der Waals surface area contributed by atoms with Gasteiger partial charge >= 0.3 is 0 Å². The number of hydrogen-bond donors (Lipinski definition) is 3. The largest absolute Gasteiger partial charge is 0.355 e. The van der Waals surface area contributed by atoms with Gasteiger partial charge in [0.1, 0.15) is 11.5 Å². The molecule has 3 heterocycles. The third kappa shape index (κ3) is 4.52. The maximum absolute atomic E-state index is 8.93. The van der Waals surface area contributed by atoms with Crippen LogP contribution in [-0.2, 0) is 0 Å². The van der Waals surface area contributed by atoms with E-state index in [4.69, 9.17) is 10.6 Å². The third-order valence-corrected chi connectivity index (χ3v) is 5.70.